The number of carbonyl (C=O) groups excluding carboxylic acids is 1. The van der Waals surface area contributed by atoms with E-state index in [1.165, 1.54) is 24.2 Å². The van der Waals surface area contributed by atoms with Crippen LogP contribution in [0.4, 0.5) is 9.93 Å². The SMILES string of the molecule is O=C(Nc1nnc(C2CC2)s1)NC1CC1. The summed E-state index contributed by atoms with van der Waals surface area (Å²) in [4.78, 5) is 11.4. The Balaban J connectivity index is 1.57. The molecule has 0 saturated heterocycles. The lowest BCUT2D eigenvalue weighted by Gasteiger charge is -2.01. The summed E-state index contributed by atoms with van der Waals surface area (Å²) in [7, 11) is 0. The highest BCUT2D eigenvalue weighted by atomic mass is 32.1. The van der Waals surface area contributed by atoms with Crippen LogP contribution in [-0.2, 0) is 0 Å². The zero-order chi connectivity index (χ0) is 10.3. The van der Waals surface area contributed by atoms with Gasteiger partial charge in [0.25, 0.3) is 0 Å². The van der Waals surface area contributed by atoms with E-state index >= 15 is 0 Å². The molecule has 15 heavy (non-hydrogen) atoms. The summed E-state index contributed by atoms with van der Waals surface area (Å²) in [6.07, 6.45) is 4.61. The first kappa shape index (κ1) is 9.08. The maximum Gasteiger partial charge on any atom is 0.321 e. The van der Waals surface area contributed by atoms with Crippen molar-refractivity contribution in [3.63, 3.8) is 0 Å². The van der Waals surface area contributed by atoms with Crippen LogP contribution in [0.25, 0.3) is 0 Å². The second-order valence-corrected chi connectivity index (χ2v) is 5.10. The fourth-order valence-corrected chi connectivity index (χ4v) is 2.23. The van der Waals surface area contributed by atoms with Gasteiger partial charge < -0.3 is 5.32 Å². The average Bonchev–Trinajstić information content (AvgIpc) is 3.09. The number of nitrogens with one attached hydrogen (secondary N) is 2. The highest BCUT2D eigenvalue weighted by molar-refractivity contribution is 7.15. The van der Waals surface area contributed by atoms with Gasteiger partial charge in [-0.15, -0.1) is 10.2 Å². The highest BCUT2D eigenvalue weighted by Crippen LogP contribution is 2.41. The molecule has 2 saturated carbocycles. The Morgan fingerprint density at radius 3 is 2.73 bits per heavy atom. The molecule has 3 rings (SSSR count). The molecule has 2 fully saturated rings. The van der Waals surface area contributed by atoms with Crippen molar-refractivity contribution in [3.8, 4) is 0 Å². The number of aromatic nitrogens is 2. The van der Waals surface area contributed by atoms with Crippen molar-refractivity contribution < 1.29 is 4.79 Å². The second kappa shape index (κ2) is 3.44. The van der Waals surface area contributed by atoms with Crippen molar-refractivity contribution in [2.45, 2.75) is 37.6 Å². The first-order valence-electron chi connectivity index (χ1n) is 5.22. The van der Waals surface area contributed by atoms with Gasteiger partial charge in [0, 0.05) is 12.0 Å². The minimum atomic E-state index is -0.156. The molecule has 0 aliphatic heterocycles. The van der Waals surface area contributed by atoms with Crippen molar-refractivity contribution in [2.75, 3.05) is 5.32 Å². The Labute approximate surface area is 91.3 Å². The maximum atomic E-state index is 11.4. The minimum Gasteiger partial charge on any atom is -0.335 e. The summed E-state index contributed by atoms with van der Waals surface area (Å²) < 4.78 is 0. The molecule has 0 bridgehead atoms. The summed E-state index contributed by atoms with van der Waals surface area (Å²) in [5, 5.41) is 15.2. The zero-order valence-electron chi connectivity index (χ0n) is 8.19. The van der Waals surface area contributed by atoms with Gasteiger partial charge in [0.15, 0.2) is 0 Å². The first-order chi connectivity index (χ1) is 7.31. The Morgan fingerprint density at radius 2 is 2.07 bits per heavy atom. The van der Waals surface area contributed by atoms with E-state index in [-0.39, 0.29) is 6.03 Å². The number of urea groups is 1. The molecule has 2 aliphatic rings. The number of anilines is 1. The summed E-state index contributed by atoms with van der Waals surface area (Å²) in [5.41, 5.74) is 0. The standard InChI is InChI=1S/C9H12N4OS/c14-8(10-6-3-4-6)11-9-13-12-7(15-9)5-1-2-5/h5-6H,1-4H2,(H2,10,11,13,14). The van der Waals surface area contributed by atoms with Crippen molar-refractivity contribution in [1.82, 2.24) is 15.5 Å². The Kier molecular flexibility index (Phi) is 2.09. The van der Waals surface area contributed by atoms with Gasteiger partial charge in [0.05, 0.1) is 0 Å². The zero-order valence-corrected chi connectivity index (χ0v) is 9.01. The molecule has 0 atom stereocenters. The third-order valence-electron chi connectivity index (χ3n) is 2.50. The molecule has 0 unspecified atom stereocenters. The minimum absolute atomic E-state index is 0.156. The van der Waals surface area contributed by atoms with Gasteiger partial charge in [-0.3, -0.25) is 5.32 Å². The molecule has 80 valence electrons. The molecule has 5 nitrogen and oxygen atoms in total. The molecular formula is C9H12N4OS. The molecule has 2 N–H and O–H groups in total. The third-order valence-corrected chi connectivity index (χ3v) is 3.50. The molecule has 2 aliphatic carbocycles. The second-order valence-electron chi connectivity index (χ2n) is 4.09. The van der Waals surface area contributed by atoms with Gasteiger partial charge in [0.1, 0.15) is 5.01 Å². The highest BCUT2D eigenvalue weighted by Gasteiger charge is 2.28. The number of amides is 2. The molecule has 1 heterocycles. The van der Waals surface area contributed by atoms with Gasteiger partial charge in [-0.25, -0.2) is 4.79 Å². The summed E-state index contributed by atoms with van der Waals surface area (Å²) in [5.74, 6) is 0.601. The van der Waals surface area contributed by atoms with Gasteiger partial charge in [0.2, 0.25) is 5.13 Å². The summed E-state index contributed by atoms with van der Waals surface area (Å²) in [6.45, 7) is 0. The molecular weight excluding hydrogens is 212 g/mol. The topological polar surface area (TPSA) is 66.9 Å². The van der Waals surface area contributed by atoms with Crippen LogP contribution in [0.1, 0.15) is 36.6 Å². The number of hydrogen-bond acceptors (Lipinski definition) is 4. The molecule has 2 amide bonds. The van der Waals surface area contributed by atoms with E-state index in [0.29, 0.717) is 17.1 Å². The van der Waals surface area contributed by atoms with E-state index in [0.717, 1.165) is 17.8 Å². The van der Waals surface area contributed by atoms with E-state index in [4.69, 9.17) is 0 Å². The number of nitrogens with zero attached hydrogens (tertiary/aromatic N) is 2. The summed E-state index contributed by atoms with van der Waals surface area (Å²) in [6, 6.07) is 0.219. The van der Waals surface area contributed by atoms with E-state index in [9.17, 15) is 4.79 Å². The van der Waals surface area contributed by atoms with Crippen LogP contribution in [0, 0.1) is 0 Å². The largest absolute Gasteiger partial charge is 0.335 e. The fraction of sp³-hybridized carbons (Fsp3) is 0.667. The molecule has 0 radical (unpaired) electrons. The fourth-order valence-electron chi connectivity index (χ4n) is 1.33. The van der Waals surface area contributed by atoms with E-state index in [1.54, 1.807) is 0 Å². The number of carbonyl (C=O) groups is 1. The van der Waals surface area contributed by atoms with Crippen LogP contribution in [0.5, 0.6) is 0 Å². The lowest BCUT2D eigenvalue weighted by atomic mass is 10.5. The predicted molar refractivity (Wildman–Crippen MR) is 57.1 cm³/mol. The normalized spacial score (nSPS) is 20.0. The van der Waals surface area contributed by atoms with Crippen molar-refractivity contribution >= 4 is 22.5 Å². The van der Waals surface area contributed by atoms with E-state index in [1.807, 2.05) is 0 Å². The van der Waals surface area contributed by atoms with Crippen LogP contribution in [0.2, 0.25) is 0 Å². The molecule has 6 heteroatoms. The van der Waals surface area contributed by atoms with Gasteiger partial charge >= 0.3 is 6.03 Å². The van der Waals surface area contributed by atoms with Crippen molar-refractivity contribution in [1.29, 1.82) is 0 Å². The van der Waals surface area contributed by atoms with Crippen molar-refractivity contribution in [3.05, 3.63) is 5.01 Å². The molecule has 0 spiro atoms. The monoisotopic (exact) mass is 224 g/mol. The predicted octanol–water partition coefficient (Wildman–Crippen LogP) is 1.70. The van der Waals surface area contributed by atoms with E-state index in [2.05, 4.69) is 20.8 Å². The quantitative estimate of drug-likeness (QED) is 0.821. The average molecular weight is 224 g/mol. The maximum absolute atomic E-state index is 11.4. The third kappa shape index (κ3) is 2.26. The van der Waals surface area contributed by atoms with Crippen LogP contribution in [0.15, 0.2) is 0 Å². The van der Waals surface area contributed by atoms with Crippen LogP contribution in [0.3, 0.4) is 0 Å². The van der Waals surface area contributed by atoms with Crippen LogP contribution in [-0.4, -0.2) is 22.3 Å². The van der Waals surface area contributed by atoms with Gasteiger partial charge in [-0.1, -0.05) is 11.3 Å². The Morgan fingerprint density at radius 1 is 1.27 bits per heavy atom. The van der Waals surface area contributed by atoms with E-state index < -0.39 is 0 Å². The Bertz CT molecular complexity index is 383. The lowest BCUT2D eigenvalue weighted by molar-refractivity contribution is 0.251. The lowest BCUT2D eigenvalue weighted by Crippen LogP contribution is -2.30. The summed E-state index contributed by atoms with van der Waals surface area (Å²) >= 11 is 1.49. The van der Waals surface area contributed by atoms with Gasteiger partial charge in [-0.2, -0.15) is 0 Å². The Hall–Kier alpha value is -1.17. The van der Waals surface area contributed by atoms with Gasteiger partial charge in [-0.05, 0) is 25.7 Å². The molecule has 1 aromatic rings. The first-order valence-corrected chi connectivity index (χ1v) is 6.04. The van der Waals surface area contributed by atoms with Crippen LogP contribution >= 0.6 is 11.3 Å². The number of rotatable bonds is 3. The molecule has 0 aromatic carbocycles. The van der Waals surface area contributed by atoms with Crippen molar-refractivity contribution in [2.24, 2.45) is 0 Å². The smallest absolute Gasteiger partial charge is 0.321 e. The number of hydrogen-bond donors (Lipinski definition) is 2. The van der Waals surface area contributed by atoms with Crippen LogP contribution < -0.4 is 10.6 Å². The molecule has 1 aromatic heterocycles.